The first kappa shape index (κ1) is 19.3. The second-order valence-corrected chi connectivity index (χ2v) is 10.2. The number of nitrogens with zero attached hydrogens (tertiary/aromatic N) is 3. The van der Waals surface area contributed by atoms with Crippen molar-refractivity contribution in [3.8, 4) is 11.1 Å². The van der Waals surface area contributed by atoms with Crippen molar-refractivity contribution in [3.05, 3.63) is 74.9 Å². The molecule has 0 unspecified atom stereocenters. The van der Waals surface area contributed by atoms with Crippen LogP contribution in [0.2, 0.25) is 5.28 Å². The van der Waals surface area contributed by atoms with E-state index in [1.807, 2.05) is 0 Å². The number of rotatable bonds is 2. The molecule has 31 heavy (non-hydrogen) atoms. The van der Waals surface area contributed by atoms with Gasteiger partial charge in [-0.3, -0.25) is 0 Å². The van der Waals surface area contributed by atoms with Gasteiger partial charge in [0.1, 0.15) is 10.6 Å². The minimum atomic E-state index is 0.333. The fraction of sp³-hybridized carbons (Fsp3) is 0.308. The molecule has 4 aromatic rings. The van der Waals surface area contributed by atoms with E-state index in [0.29, 0.717) is 5.28 Å². The van der Waals surface area contributed by atoms with Crippen LogP contribution in [-0.2, 0) is 25.8 Å². The third-order valence-corrected chi connectivity index (χ3v) is 7.92. The van der Waals surface area contributed by atoms with Gasteiger partial charge in [0.2, 0.25) is 5.28 Å². The summed E-state index contributed by atoms with van der Waals surface area (Å²) in [7, 11) is 0. The largest absolute Gasteiger partial charge is 0.351 e. The zero-order chi connectivity index (χ0) is 20.9. The normalized spacial score (nSPS) is 15.7. The molecule has 0 bridgehead atoms. The first-order valence-electron chi connectivity index (χ1n) is 11.1. The van der Waals surface area contributed by atoms with Gasteiger partial charge >= 0.3 is 0 Å². The zero-order valence-corrected chi connectivity index (χ0v) is 19.2. The SMILES string of the molecule is Cc1sc2nc(Cl)nc(N3CCc4ccccc4C3)c2c1-c1ccc2c(c1)CCCC2. The Morgan fingerprint density at radius 2 is 1.68 bits per heavy atom. The molecule has 3 nitrogen and oxygen atoms in total. The van der Waals surface area contributed by atoms with E-state index in [-0.39, 0.29) is 0 Å². The molecule has 2 aliphatic rings. The minimum absolute atomic E-state index is 0.333. The van der Waals surface area contributed by atoms with E-state index in [1.54, 1.807) is 11.3 Å². The van der Waals surface area contributed by atoms with Crippen molar-refractivity contribution < 1.29 is 0 Å². The molecule has 5 heteroatoms. The first-order valence-corrected chi connectivity index (χ1v) is 12.3. The highest BCUT2D eigenvalue weighted by Crippen LogP contribution is 2.43. The van der Waals surface area contributed by atoms with E-state index in [0.717, 1.165) is 35.5 Å². The Morgan fingerprint density at radius 3 is 2.55 bits per heavy atom. The fourth-order valence-electron chi connectivity index (χ4n) is 5.21. The number of thiophene rings is 1. The highest BCUT2D eigenvalue weighted by Gasteiger charge is 2.25. The average Bonchev–Trinajstić information content (AvgIpc) is 3.13. The standard InChI is InChI=1S/C26H24ClN3S/c1-16-22(20-11-10-17-6-2-4-8-19(17)14-20)23-24(28-26(27)29-25(23)31-16)30-13-12-18-7-3-5-9-21(18)15-30/h3,5,7,9-11,14H,2,4,6,8,12-13,15H2,1H3. The predicted octanol–water partition coefficient (Wildman–Crippen LogP) is 6.76. The van der Waals surface area contributed by atoms with E-state index >= 15 is 0 Å². The number of aryl methyl sites for hydroxylation is 3. The van der Waals surface area contributed by atoms with Crippen LogP contribution < -0.4 is 4.90 Å². The van der Waals surface area contributed by atoms with Gasteiger partial charge in [-0.25, -0.2) is 4.98 Å². The summed E-state index contributed by atoms with van der Waals surface area (Å²) in [6, 6.07) is 15.8. The molecule has 0 saturated heterocycles. The Bertz CT molecular complexity index is 1310. The number of anilines is 1. The molecular formula is C26H24ClN3S. The van der Waals surface area contributed by atoms with Crippen LogP contribution in [0.5, 0.6) is 0 Å². The smallest absolute Gasteiger partial charge is 0.225 e. The van der Waals surface area contributed by atoms with Gasteiger partial charge in [-0.05, 0) is 78.4 Å². The Morgan fingerprint density at radius 1 is 0.903 bits per heavy atom. The summed E-state index contributed by atoms with van der Waals surface area (Å²) in [5.74, 6) is 0.974. The topological polar surface area (TPSA) is 29.0 Å². The molecule has 0 atom stereocenters. The van der Waals surface area contributed by atoms with Gasteiger partial charge in [0.05, 0.1) is 5.39 Å². The molecule has 0 amide bonds. The number of halogens is 1. The van der Waals surface area contributed by atoms with Gasteiger partial charge in [0.15, 0.2) is 0 Å². The molecule has 1 aliphatic heterocycles. The molecule has 6 rings (SSSR count). The van der Waals surface area contributed by atoms with E-state index in [2.05, 4.69) is 59.3 Å². The molecule has 0 radical (unpaired) electrons. The molecule has 2 aromatic heterocycles. The Kier molecular flexibility index (Phi) is 4.73. The number of hydrogen-bond donors (Lipinski definition) is 0. The summed E-state index contributed by atoms with van der Waals surface area (Å²) >= 11 is 8.13. The summed E-state index contributed by atoms with van der Waals surface area (Å²) in [5, 5.41) is 1.49. The van der Waals surface area contributed by atoms with E-state index in [1.165, 1.54) is 63.9 Å². The number of fused-ring (bicyclic) bond motifs is 3. The third-order valence-electron chi connectivity index (χ3n) is 6.75. The second-order valence-electron chi connectivity index (χ2n) is 8.66. The lowest BCUT2D eigenvalue weighted by Gasteiger charge is -2.30. The van der Waals surface area contributed by atoms with Crippen molar-refractivity contribution in [2.45, 2.75) is 45.6 Å². The van der Waals surface area contributed by atoms with E-state index in [4.69, 9.17) is 16.6 Å². The summed E-state index contributed by atoms with van der Waals surface area (Å²) in [4.78, 5) is 14.0. The van der Waals surface area contributed by atoms with Gasteiger partial charge in [-0.2, -0.15) is 4.98 Å². The van der Waals surface area contributed by atoms with Crippen LogP contribution in [0.25, 0.3) is 21.3 Å². The van der Waals surface area contributed by atoms with Gasteiger partial charge in [-0.1, -0.05) is 42.5 Å². The van der Waals surface area contributed by atoms with Crippen molar-refractivity contribution in [3.63, 3.8) is 0 Å². The summed E-state index contributed by atoms with van der Waals surface area (Å²) in [5.41, 5.74) is 8.39. The highest BCUT2D eigenvalue weighted by atomic mass is 35.5. The number of aromatic nitrogens is 2. The molecular weight excluding hydrogens is 422 g/mol. The van der Waals surface area contributed by atoms with Crippen LogP contribution in [-0.4, -0.2) is 16.5 Å². The average molecular weight is 446 g/mol. The van der Waals surface area contributed by atoms with Crippen molar-refractivity contribution in [2.24, 2.45) is 0 Å². The van der Waals surface area contributed by atoms with Gasteiger partial charge in [0, 0.05) is 23.5 Å². The maximum absolute atomic E-state index is 6.40. The van der Waals surface area contributed by atoms with Crippen LogP contribution in [0.1, 0.15) is 40.0 Å². The summed E-state index contributed by atoms with van der Waals surface area (Å²) < 4.78 is 0. The first-order chi connectivity index (χ1) is 15.2. The quantitative estimate of drug-likeness (QED) is 0.319. The van der Waals surface area contributed by atoms with Crippen LogP contribution >= 0.6 is 22.9 Å². The van der Waals surface area contributed by atoms with Crippen molar-refractivity contribution in [1.82, 2.24) is 9.97 Å². The Labute approximate surface area is 191 Å². The molecule has 0 fully saturated rings. The summed E-state index contributed by atoms with van der Waals surface area (Å²) in [6.45, 7) is 4.00. The third kappa shape index (κ3) is 3.33. The van der Waals surface area contributed by atoms with Gasteiger partial charge in [-0.15, -0.1) is 11.3 Å². The van der Waals surface area contributed by atoms with Crippen LogP contribution in [0, 0.1) is 6.92 Å². The lowest BCUT2D eigenvalue weighted by molar-refractivity contribution is 0.686. The van der Waals surface area contributed by atoms with Crippen molar-refractivity contribution in [2.75, 3.05) is 11.4 Å². The lowest BCUT2D eigenvalue weighted by atomic mass is 9.88. The molecule has 3 heterocycles. The maximum Gasteiger partial charge on any atom is 0.225 e. The molecule has 0 N–H and O–H groups in total. The predicted molar refractivity (Wildman–Crippen MR) is 130 cm³/mol. The Hall–Kier alpha value is -2.43. The molecule has 0 spiro atoms. The monoisotopic (exact) mass is 445 g/mol. The van der Waals surface area contributed by atoms with Crippen molar-refractivity contribution in [1.29, 1.82) is 0 Å². The van der Waals surface area contributed by atoms with Crippen molar-refractivity contribution >= 4 is 39.0 Å². The summed E-state index contributed by atoms with van der Waals surface area (Å²) in [6.07, 6.45) is 6.01. The lowest BCUT2D eigenvalue weighted by Crippen LogP contribution is -2.31. The van der Waals surface area contributed by atoms with Gasteiger partial charge < -0.3 is 4.90 Å². The second kappa shape index (κ2) is 7.61. The van der Waals surface area contributed by atoms with Crippen LogP contribution in [0.3, 0.4) is 0 Å². The van der Waals surface area contributed by atoms with E-state index in [9.17, 15) is 0 Å². The molecule has 0 saturated carbocycles. The number of hydrogen-bond acceptors (Lipinski definition) is 4. The maximum atomic E-state index is 6.40. The Balaban J connectivity index is 1.52. The molecule has 2 aromatic carbocycles. The zero-order valence-electron chi connectivity index (χ0n) is 17.6. The van der Waals surface area contributed by atoms with Crippen LogP contribution in [0.4, 0.5) is 5.82 Å². The van der Waals surface area contributed by atoms with Crippen LogP contribution in [0.15, 0.2) is 42.5 Å². The fourth-order valence-corrected chi connectivity index (χ4v) is 6.46. The minimum Gasteiger partial charge on any atom is -0.351 e. The van der Waals surface area contributed by atoms with E-state index < -0.39 is 0 Å². The molecule has 156 valence electrons. The molecule has 1 aliphatic carbocycles. The number of benzene rings is 2. The van der Waals surface area contributed by atoms with Gasteiger partial charge in [0.25, 0.3) is 0 Å². The highest BCUT2D eigenvalue weighted by molar-refractivity contribution is 7.19.